The van der Waals surface area contributed by atoms with Crippen molar-refractivity contribution >= 4 is 23.2 Å². The Morgan fingerprint density at radius 2 is 1.81 bits per heavy atom. The van der Waals surface area contributed by atoms with Crippen LogP contribution >= 0.6 is 0 Å². The number of benzene rings is 2. The van der Waals surface area contributed by atoms with Crippen molar-refractivity contribution in [3.8, 4) is 11.3 Å². The molecule has 1 aromatic heterocycles. The fraction of sp³-hybridized carbons (Fsp3) is 0.250. The second kappa shape index (κ2) is 8.55. The number of para-hydroxylation sites is 1. The van der Waals surface area contributed by atoms with E-state index in [-0.39, 0.29) is 23.9 Å². The third-order valence-electron chi connectivity index (χ3n) is 5.48. The predicted molar refractivity (Wildman–Crippen MR) is 120 cm³/mol. The van der Waals surface area contributed by atoms with E-state index in [1.807, 2.05) is 54.6 Å². The average Bonchev–Trinajstić information content (AvgIpc) is 3.24. The van der Waals surface area contributed by atoms with Gasteiger partial charge in [-0.05, 0) is 31.0 Å². The second-order valence-corrected chi connectivity index (χ2v) is 7.51. The normalized spacial score (nSPS) is 13.5. The molecule has 0 saturated carbocycles. The number of carbonyl (C=O) groups is 2. The van der Waals surface area contributed by atoms with E-state index in [0.717, 1.165) is 23.2 Å². The van der Waals surface area contributed by atoms with Crippen LogP contribution in [0.3, 0.4) is 0 Å². The minimum absolute atomic E-state index is 0.113. The van der Waals surface area contributed by atoms with Gasteiger partial charge in [0.1, 0.15) is 11.7 Å². The first-order valence-electron chi connectivity index (χ1n) is 10.4. The zero-order valence-corrected chi connectivity index (χ0v) is 17.5. The van der Waals surface area contributed by atoms with Crippen molar-refractivity contribution in [2.75, 3.05) is 16.8 Å². The summed E-state index contributed by atoms with van der Waals surface area (Å²) in [5.41, 5.74) is 2.88. The molecule has 2 aromatic carbocycles. The Morgan fingerprint density at radius 3 is 2.55 bits per heavy atom. The van der Waals surface area contributed by atoms with Crippen LogP contribution in [0.1, 0.15) is 31.9 Å². The third-order valence-corrected chi connectivity index (χ3v) is 5.48. The van der Waals surface area contributed by atoms with Crippen molar-refractivity contribution in [2.45, 2.75) is 32.7 Å². The fourth-order valence-electron chi connectivity index (χ4n) is 3.75. The molecule has 7 heteroatoms. The van der Waals surface area contributed by atoms with Crippen LogP contribution in [0.4, 0.5) is 11.4 Å². The van der Waals surface area contributed by atoms with Gasteiger partial charge in [-0.1, -0.05) is 55.5 Å². The highest BCUT2D eigenvalue weighted by Gasteiger charge is 2.30. The van der Waals surface area contributed by atoms with Gasteiger partial charge in [-0.25, -0.2) is 4.68 Å². The molecule has 0 bridgehead atoms. The molecule has 2 heterocycles. The molecule has 0 unspecified atom stereocenters. The van der Waals surface area contributed by atoms with Crippen LogP contribution in [0.25, 0.3) is 11.3 Å². The van der Waals surface area contributed by atoms with Crippen molar-refractivity contribution in [1.29, 1.82) is 0 Å². The summed E-state index contributed by atoms with van der Waals surface area (Å²) >= 11 is 0. The maximum atomic E-state index is 13.3. The average molecular weight is 416 g/mol. The SMILES string of the molecule is CCC(=O)Nc1cc(-c2ccccc2)nn([C@@H](C)C(=O)N2CCc3ccccc32)c1=O. The zero-order chi connectivity index (χ0) is 22.0. The molecule has 31 heavy (non-hydrogen) atoms. The predicted octanol–water partition coefficient (Wildman–Crippen LogP) is 3.41. The molecule has 3 aromatic rings. The molecule has 0 aliphatic carbocycles. The van der Waals surface area contributed by atoms with E-state index >= 15 is 0 Å². The van der Waals surface area contributed by atoms with Crippen LogP contribution in [-0.2, 0) is 16.0 Å². The van der Waals surface area contributed by atoms with E-state index in [0.29, 0.717) is 12.2 Å². The van der Waals surface area contributed by atoms with Gasteiger partial charge in [-0.15, -0.1) is 0 Å². The van der Waals surface area contributed by atoms with Gasteiger partial charge in [0, 0.05) is 24.2 Å². The largest absolute Gasteiger partial charge is 0.321 e. The zero-order valence-electron chi connectivity index (χ0n) is 17.5. The molecule has 7 nitrogen and oxygen atoms in total. The van der Waals surface area contributed by atoms with Crippen LogP contribution in [0, 0.1) is 0 Å². The Balaban J connectivity index is 1.76. The summed E-state index contributed by atoms with van der Waals surface area (Å²) in [5, 5.41) is 7.14. The fourth-order valence-corrected chi connectivity index (χ4v) is 3.75. The highest BCUT2D eigenvalue weighted by atomic mass is 16.2. The van der Waals surface area contributed by atoms with Crippen molar-refractivity contribution in [1.82, 2.24) is 9.78 Å². The van der Waals surface area contributed by atoms with Gasteiger partial charge < -0.3 is 10.2 Å². The number of fused-ring (bicyclic) bond motifs is 1. The molecule has 2 amide bonds. The monoisotopic (exact) mass is 416 g/mol. The van der Waals surface area contributed by atoms with E-state index in [2.05, 4.69) is 10.4 Å². The molecular weight excluding hydrogens is 392 g/mol. The Morgan fingerprint density at radius 1 is 1.10 bits per heavy atom. The van der Waals surface area contributed by atoms with Gasteiger partial charge in [0.25, 0.3) is 11.5 Å². The minimum atomic E-state index is -0.834. The number of hydrogen-bond acceptors (Lipinski definition) is 4. The molecule has 4 rings (SSSR count). The Kier molecular flexibility index (Phi) is 5.66. The smallest absolute Gasteiger partial charge is 0.291 e. The van der Waals surface area contributed by atoms with Crippen LogP contribution in [-0.4, -0.2) is 28.1 Å². The van der Waals surface area contributed by atoms with Crippen molar-refractivity contribution in [3.05, 3.63) is 76.6 Å². The number of carbonyl (C=O) groups excluding carboxylic acids is 2. The molecule has 0 saturated heterocycles. The second-order valence-electron chi connectivity index (χ2n) is 7.51. The summed E-state index contributed by atoms with van der Waals surface area (Å²) in [7, 11) is 0. The van der Waals surface area contributed by atoms with Crippen LogP contribution < -0.4 is 15.8 Å². The van der Waals surface area contributed by atoms with Crippen molar-refractivity contribution < 1.29 is 9.59 Å². The number of amides is 2. The summed E-state index contributed by atoms with van der Waals surface area (Å²) < 4.78 is 1.18. The molecule has 1 aliphatic rings. The Bertz CT molecular complexity index is 1190. The lowest BCUT2D eigenvalue weighted by Gasteiger charge is -2.23. The van der Waals surface area contributed by atoms with Crippen LogP contribution in [0.5, 0.6) is 0 Å². The highest BCUT2D eigenvalue weighted by molar-refractivity contribution is 5.98. The standard InChI is InChI=1S/C24H24N4O3/c1-3-22(29)25-20-15-19(17-9-5-4-6-10-17)26-28(24(20)31)16(2)23(30)27-14-13-18-11-7-8-12-21(18)27/h4-12,15-16H,3,13-14H2,1-2H3,(H,25,29)/t16-/m0/s1. The van der Waals surface area contributed by atoms with E-state index in [1.54, 1.807) is 24.8 Å². The summed E-state index contributed by atoms with van der Waals surface area (Å²) in [6, 6.07) is 17.8. The van der Waals surface area contributed by atoms with Crippen molar-refractivity contribution in [3.63, 3.8) is 0 Å². The number of anilines is 2. The lowest BCUT2D eigenvalue weighted by Crippen LogP contribution is -2.40. The summed E-state index contributed by atoms with van der Waals surface area (Å²) in [4.78, 5) is 40.2. The molecule has 158 valence electrons. The van der Waals surface area contributed by atoms with E-state index < -0.39 is 11.6 Å². The molecular formula is C24H24N4O3. The third kappa shape index (κ3) is 3.99. The first-order valence-corrected chi connectivity index (χ1v) is 10.4. The maximum absolute atomic E-state index is 13.3. The number of nitrogens with zero attached hydrogens (tertiary/aromatic N) is 3. The van der Waals surface area contributed by atoms with E-state index in [1.165, 1.54) is 4.68 Å². The Hall–Kier alpha value is -3.74. The van der Waals surface area contributed by atoms with Gasteiger partial charge in [0.05, 0.1) is 5.69 Å². The van der Waals surface area contributed by atoms with Crippen LogP contribution in [0.15, 0.2) is 65.5 Å². The highest BCUT2D eigenvalue weighted by Crippen LogP contribution is 2.29. The lowest BCUT2D eigenvalue weighted by molar-refractivity contribution is -0.121. The number of rotatable bonds is 5. The van der Waals surface area contributed by atoms with Crippen LogP contribution in [0.2, 0.25) is 0 Å². The lowest BCUT2D eigenvalue weighted by atomic mass is 10.1. The molecule has 1 N–H and O–H groups in total. The number of nitrogens with one attached hydrogen (secondary N) is 1. The maximum Gasteiger partial charge on any atom is 0.291 e. The Labute approximate surface area is 180 Å². The van der Waals surface area contributed by atoms with Gasteiger partial charge in [0.2, 0.25) is 5.91 Å². The van der Waals surface area contributed by atoms with Gasteiger partial charge in [0.15, 0.2) is 0 Å². The van der Waals surface area contributed by atoms with E-state index in [4.69, 9.17) is 0 Å². The molecule has 1 atom stereocenters. The summed E-state index contributed by atoms with van der Waals surface area (Å²) in [6.45, 7) is 3.94. The molecule has 1 aliphatic heterocycles. The number of aromatic nitrogens is 2. The topological polar surface area (TPSA) is 84.3 Å². The summed E-state index contributed by atoms with van der Waals surface area (Å²) in [6.07, 6.45) is 1.01. The first kappa shape index (κ1) is 20.5. The molecule has 0 radical (unpaired) electrons. The van der Waals surface area contributed by atoms with Crippen molar-refractivity contribution in [2.24, 2.45) is 0 Å². The quantitative estimate of drug-likeness (QED) is 0.691. The molecule has 0 fully saturated rings. The minimum Gasteiger partial charge on any atom is -0.321 e. The van der Waals surface area contributed by atoms with Gasteiger partial charge in [-0.3, -0.25) is 14.4 Å². The van der Waals surface area contributed by atoms with Gasteiger partial charge >= 0.3 is 0 Å². The molecule has 0 spiro atoms. The summed E-state index contributed by atoms with van der Waals surface area (Å²) in [5.74, 6) is -0.487. The van der Waals surface area contributed by atoms with Gasteiger partial charge in [-0.2, -0.15) is 5.10 Å². The first-order chi connectivity index (χ1) is 15.0. The number of hydrogen-bond donors (Lipinski definition) is 1. The van der Waals surface area contributed by atoms with E-state index in [9.17, 15) is 14.4 Å².